The highest BCUT2D eigenvalue weighted by atomic mass is 16.4. The molecule has 1 aromatic rings. The highest BCUT2D eigenvalue weighted by molar-refractivity contribution is 5.93. The van der Waals surface area contributed by atoms with Gasteiger partial charge >= 0.3 is 0 Å². The molecule has 5 nitrogen and oxygen atoms in total. The lowest BCUT2D eigenvalue weighted by atomic mass is 9.89. The van der Waals surface area contributed by atoms with Crippen LogP contribution < -0.4 is 5.73 Å². The summed E-state index contributed by atoms with van der Waals surface area (Å²) in [6, 6.07) is 0. The standard InChI is InChI=1S/C12H18N4O/c13-11(15-17)12-14-3-4-16(12)7-10-6-8-1-2-9(10)5-8/h3-4,8-10,17H,1-2,5-7H2,(H2,13,15). The van der Waals surface area contributed by atoms with Crippen LogP contribution in [0.5, 0.6) is 0 Å². The Morgan fingerprint density at radius 1 is 1.53 bits per heavy atom. The molecule has 0 saturated heterocycles. The van der Waals surface area contributed by atoms with Crippen molar-refractivity contribution in [3.05, 3.63) is 18.2 Å². The van der Waals surface area contributed by atoms with Gasteiger partial charge in [0.2, 0.25) is 5.84 Å². The summed E-state index contributed by atoms with van der Waals surface area (Å²) in [4.78, 5) is 4.14. The van der Waals surface area contributed by atoms with Crippen LogP contribution in [0.4, 0.5) is 0 Å². The van der Waals surface area contributed by atoms with Crippen LogP contribution in [0.15, 0.2) is 17.5 Å². The Labute approximate surface area is 100 Å². The van der Waals surface area contributed by atoms with Crippen molar-refractivity contribution in [1.29, 1.82) is 0 Å². The van der Waals surface area contributed by atoms with E-state index in [2.05, 4.69) is 10.1 Å². The maximum absolute atomic E-state index is 8.71. The number of aromatic nitrogens is 2. The first-order chi connectivity index (χ1) is 8.28. The number of fused-ring (bicyclic) bond motifs is 2. The molecule has 2 aliphatic carbocycles. The third kappa shape index (κ3) is 1.79. The average Bonchev–Trinajstić information content (AvgIpc) is 3.03. The molecule has 2 bridgehead atoms. The van der Waals surface area contributed by atoms with Gasteiger partial charge in [-0.15, -0.1) is 0 Å². The Bertz CT molecular complexity index is 439. The number of hydrogen-bond donors (Lipinski definition) is 2. The van der Waals surface area contributed by atoms with Gasteiger partial charge in [-0.3, -0.25) is 0 Å². The van der Waals surface area contributed by atoms with Gasteiger partial charge in [-0.25, -0.2) is 4.98 Å². The molecule has 0 aliphatic heterocycles. The highest BCUT2D eigenvalue weighted by Gasteiger charge is 2.39. The van der Waals surface area contributed by atoms with Gasteiger partial charge in [0.25, 0.3) is 0 Å². The van der Waals surface area contributed by atoms with Crippen molar-refractivity contribution in [3.8, 4) is 0 Å². The summed E-state index contributed by atoms with van der Waals surface area (Å²) >= 11 is 0. The molecule has 0 aromatic carbocycles. The van der Waals surface area contributed by atoms with Crippen molar-refractivity contribution in [2.24, 2.45) is 28.6 Å². The minimum Gasteiger partial charge on any atom is -0.409 e. The van der Waals surface area contributed by atoms with Gasteiger partial charge in [0.05, 0.1) is 0 Å². The summed E-state index contributed by atoms with van der Waals surface area (Å²) in [5.74, 6) is 3.24. The zero-order chi connectivity index (χ0) is 11.8. The van der Waals surface area contributed by atoms with E-state index in [0.717, 1.165) is 24.3 Å². The monoisotopic (exact) mass is 234 g/mol. The van der Waals surface area contributed by atoms with Crippen molar-refractivity contribution < 1.29 is 5.21 Å². The van der Waals surface area contributed by atoms with E-state index in [-0.39, 0.29) is 5.84 Å². The molecule has 17 heavy (non-hydrogen) atoms. The van der Waals surface area contributed by atoms with Crippen molar-refractivity contribution in [1.82, 2.24) is 9.55 Å². The lowest BCUT2D eigenvalue weighted by molar-refractivity contribution is 0.294. The van der Waals surface area contributed by atoms with Gasteiger partial charge < -0.3 is 15.5 Å². The molecular weight excluding hydrogens is 216 g/mol. The number of hydrogen-bond acceptors (Lipinski definition) is 3. The van der Waals surface area contributed by atoms with E-state index in [0.29, 0.717) is 5.82 Å². The number of nitrogens with two attached hydrogens (primary N) is 1. The smallest absolute Gasteiger partial charge is 0.206 e. The molecule has 3 rings (SSSR count). The third-order valence-corrected chi connectivity index (χ3v) is 4.37. The molecule has 92 valence electrons. The third-order valence-electron chi connectivity index (χ3n) is 4.37. The van der Waals surface area contributed by atoms with Gasteiger partial charge in [-0.1, -0.05) is 11.6 Å². The van der Waals surface area contributed by atoms with Crippen LogP contribution in [0.25, 0.3) is 0 Å². The normalized spacial score (nSPS) is 32.2. The lowest BCUT2D eigenvalue weighted by Gasteiger charge is -2.22. The fourth-order valence-corrected chi connectivity index (χ4v) is 3.59. The maximum atomic E-state index is 8.71. The molecule has 2 fully saturated rings. The Kier molecular flexibility index (Phi) is 2.53. The fourth-order valence-electron chi connectivity index (χ4n) is 3.59. The van der Waals surface area contributed by atoms with Crippen LogP contribution in [0.2, 0.25) is 0 Å². The van der Waals surface area contributed by atoms with Crippen LogP contribution in [0.3, 0.4) is 0 Å². The molecule has 3 N–H and O–H groups in total. The van der Waals surface area contributed by atoms with Crippen molar-refractivity contribution in [2.45, 2.75) is 32.2 Å². The van der Waals surface area contributed by atoms with Crippen LogP contribution in [0.1, 0.15) is 31.5 Å². The first kappa shape index (κ1) is 10.6. The predicted molar refractivity (Wildman–Crippen MR) is 63.7 cm³/mol. The van der Waals surface area contributed by atoms with E-state index >= 15 is 0 Å². The predicted octanol–water partition coefficient (Wildman–Crippen LogP) is 1.41. The molecule has 0 amide bonds. The molecule has 0 spiro atoms. The van der Waals surface area contributed by atoms with Crippen LogP contribution in [-0.2, 0) is 6.54 Å². The van der Waals surface area contributed by atoms with Crippen LogP contribution in [0, 0.1) is 17.8 Å². The summed E-state index contributed by atoms with van der Waals surface area (Å²) in [6.45, 7) is 0.951. The molecule has 3 unspecified atom stereocenters. The fraction of sp³-hybridized carbons (Fsp3) is 0.667. The quantitative estimate of drug-likeness (QED) is 0.359. The summed E-state index contributed by atoms with van der Waals surface area (Å²) in [5, 5.41) is 11.7. The van der Waals surface area contributed by atoms with E-state index < -0.39 is 0 Å². The topological polar surface area (TPSA) is 76.4 Å². The van der Waals surface area contributed by atoms with Crippen LogP contribution in [-0.4, -0.2) is 20.6 Å². The summed E-state index contributed by atoms with van der Waals surface area (Å²) in [7, 11) is 0. The van der Waals surface area contributed by atoms with Gasteiger partial charge in [0, 0.05) is 18.9 Å². The molecule has 0 radical (unpaired) electrons. The van der Waals surface area contributed by atoms with Crippen LogP contribution >= 0.6 is 0 Å². The molecular formula is C12H18N4O. The van der Waals surface area contributed by atoms with E-state index in [1.165, 1.54) is 25.7 Å². The van der Waals surface area contributed by atoms with Crippen molar-refractivity contribution in [2.75, 3.05) is 0 Å². The summed E-state index contributed by atoms with van der Waals surface area (Å²) < 4.78 is 2.01. The Balaban J connectivity index is 1.75. The molecule has 2 saturated carbocycles. The first-order valence-corrected chi connectivity index (χ1v) is 6.27. The van der Waals surface area contributed by atoms with Gasteiger partial charge in [0.15, 0.2) is 5.82 Å². The lowest BCUT2D eigenvalue weighted by Crippen LogP contribution is -2.23. The summed E-state index contributed by atoms with van der Waals surface area (Å²) in [5.41, 5.74) is 5.61. The molecule has 5 heteroatoms. The largest absolute Gasteiger partial charge is 0.409 e. The van der Waals surface area contributed by atoms with Crippen molar-refractivity contribution in [3.63, 3.8) is 0 Å². The first-order valence-electron chi connectivity index (χ1n) is 6.27. The van der Waals surface area contributed by atoms with E-state index in [1.807, 2.05) is 10.8 Å². The number of amidine groups is 1. The van der Waals surface area contributed by atoms with E-state index in [1.54, 1.807) is 6.20 Å². The highest BCUT2D eigenvalue weighted by Crippen LogP contribution is 2.48. The number of oxime groups is 1. The molecule has 2 aliphatic rings. The molecule has 3 atom stereocenters. The minimum absolute atomic E-state index is 0.0955. The Morgan fingerprint density at radius 3 is 3.06 bits per heavy atom. The zero-order valence-electron chi connectivity index (χ0n) is 9.79. The van der Waals surface area contributed by atoms with Gasteiger partial charge in [-0.2, -0.15) is 0 Å². The molecule has 1 aromatic heterocycles. The molecule has 1 heterocycles. The number of nitrogens with zero attached hydrogens (tertiary/aromatic N) is 3. The summed E-state index contributed by atoms with van der Waals surface area (Å²) in [6.07, 6.45) is 9.15. The average molecular weight is 234 g/mol. The van der Waals surface area contributed by atoms with Gasteiger partial charge in [-0.05, 0) is 37.0 Å². The maximum Gasteiger partial charge on any atom is 0.206 e. The Morgan fingerprint density at radius 2 is 2.41 bits per heavy atom. The second-order valence-corrected chi connectivity index (χ2v) is 5.32. The Hall–Kier alpha value is -1.52. The number of imidazole rings is 1. The second kappa shape index (κ2) is 4.05. The number of rotatable bonds is 3. The van der Waals surface area contributed by atoms with Gasteiger partial charge in [0.1, 0.15) is 0 Å². The SMILES string of the molecule is NC(=NO)c1nccn1CC1CC2CCC1C2. The van der Waals surface area contributed by atoms with E-state index in [9.17, 15) is 0 Å². The van der Waals surface area contributed by atoms with Crippen molar-refractivity contribution >= 4 is 5.84 Å². The minimum atomic E-state index is 0.0955. The second-order valence-electron chi connectivity index (χ2n) is 5.32. The van der Waals surface area contributed by atoms with E-state index in [4.69, 9.17) is 10.9 Å². The zero-order valence-corrected chi connectivity index (χ0v) is 9.79.